The van der Waals surface area contributed by atoms with Gasteiger partial charge < -0.3 is 19.7 Å². The Kier molecular flexibility index (Phi) is 4.24. The Bertz CT molecular complexity index is 837. The fourth-order valence-electron chi connectivity index (χ4n) is 3.14. The van der Waals surface area contributed by atoms with Crippen LogP contribution in [0.1, 0.15) is 6.42 Å². The van der Waals surface area contributed by atoms with Gasteiger partial charge in [0.1, 0.15) is 13.2 Å². The predicted octanol–water partition coefficient (Wildman–Crippen LogP) is 2.70. The SMILES string of the molecule is CN(C(=O)C1CC1C(=O)Nc1ccc2c(c1)OCCO2)c1ccccc1. The molecule has 2 amide bonds. The number of benzene rings is 2. The molecule has 2 unspecified atom stereocenters. The number of anilines is 2. The molecular weight excluding hydrogens is 332 g/mol. The molecule has 26 heavy (non-hydrogen) atoms. The third-order valence-corrected chi connectivity index (χ3v) is 4.73. The average molecular weight is 352 g/mol. The molecule has 0 radical (unpaired) electrons. The highest BCUT2D eigenvalue weighted by Gasteiger charge is 2.49. The molecule has 2 aromatic rings. The quantitative estimate of drug-likeness (QED) is 0.919. The van der Waals surface area contributed by atoms with Crippen LogP contribution in [0.3, 0.4) is 0 Å². The zero-order chi connectivity index (χ0) is 18.1. The number of carbonyl (C=O) groups is 2. The van der Waals surface area contributed by atoms with Crippen LogP contribution in [0.25, 0.3) is 0 Å². The van der Waals surface area contributed by atoms with Crippen LogP contribution in [0, 0.1) is 11.8 Å². The van der Waals surface area contributed by atoms with Gasteiger partial charge in [0.25, 0.3) is 0 Å². The van der Waals surface area contributed by atoms with Gasteiger partial charge in [0, 0.05) is 24.5 Å². The molecule has 1 heterocycles. The lowest BCUT2D eigenvalue weighted by molar-refractivity contribution is -0.123. The normalized spacial score (nSPS) is 20.2. The molecule has 1 N–H and O–H groups in total. The Balaban J connectivity index is 1.37. The van der Waals surface area contributed by atoms with Crippen molar-refractivity contribution in [3.8, 4) is 11.5 Å². The van der Waals surface area contributed by atoms with Crippen molar-refractivity contribution in [3.63, 3.8) is 0 Å². The maximum atomic E-state index is 12.6. The first-order valence-corrected chi connectivity index (χ1v) is 8.66. The minimum atomic E-state index is -0.290. The molecule has 0 saturated heterocycles. The fourth-order valence-corrected chi connectivity index (χ4v) is 3.14. The Morgan fingerprint density at radius 3 is 2.50 bits per heavy atom. The molecule has 2 aromatic carbocycles. The van der Waals surface area contributed by atoms with Crippen molar-refractivity contribution in [1.29, 1.82) is 0 Å². The zero-order valence-electron chi connectivity index (χ0n) is 14.5. The molecule has 0 spiro atoms. The van der Waals surface area contributed by atoms with E-state index in [4.69, 9.17) is 9.47 Å². The van der Waals surface area contributed by atoms with Crippen molar-refractivity contribution in [2.75, 3.05) is 30.5 Å². The number of amides is 2. The summed E-state index contributed by atoms with van der Waals surface area (Å²) in [5, 5.41) is 2.87. The lowest BCUT2D eigenvalue weighted by atomic mass is 10.2. The van der Waals surface area contributed by atoms with Crippen molar-refractivity contribution in [2.45, 2.75) is 6.42 Å². The summed E-state index contributed by atoms with van der Waals surface area (Å²) in [5.41, 5.74) is 1.48. The summed E-state index contributed by atoms with van der Waals surface area (Å²) in [7, 11) is 1.74. The van der Waals surface area contributed by atoms with E-state index in [-0.39, 0.29) is 23.7 Å². The molecule has 1 saturated carbocycles. The monoisotopic (exact) mass is 352 g/mol. The van der Waals surface area contributed by atoms with Crippen molar-refractivity contribution in [2.24, 2.45) is 11.8 Å². The van der Waals surface area contributed by atoms with Crippen LogP contribution in [0.4, 0.5) is 11.4 Å². The van der Waals surface area contributed by atoms with Crippen LogP contribution in [-0.4, -0.2) is 32.1 Å². The van der Waals surface area contributed by atoms with E-state index in [2.05, 4.69) is 5.32 Å². The number of fused-ring (bicyclic) bond motifs is 1. The summed E-state index contributed by atoms with van der Waals surface area (Å²) >= 11 is 0. The van der Waals surface area contributed by atoms with E-state index in [0.29, 0.717) is 36.8 Å². The largest absolute Gasteiger partial charge is 0.486 e. The van der Waals surface area contributed by atoms with Gasteiger partial charge in [-0.05, 0) is 30.7 Å². The van der Waals surface area contributed by atoms with Crippen LogP contribution in [0.2, 0.25) is 0 Å². The molecule has 4 rings (SSSR count). The lowest BCUT2D eigenvalue weighted by Crippen LogP contribution is -2.29. The van der Waals surface area contributed by atoms with Crippen molar-refractivity contribution < 1.29 is 19.1 Å². The zero-order valence-corrected chi connectivity index (χ0v) is 14.5. The summed E-state index contributed by atoms with van der Waals surface area (Å²) in [6.07, 6.45) is 0.576. The summed E-state index contributed by atoms with van der Waals surface area (Å²) in [6, 6.07) is 14.7. The number of rotatable bonds is 4. The first-order chi connectivity index (χ1) is 12.6. The third-order valence-electron chi connectivity index (χ3n) is 4.73. The van der Waals surface area contributed by atoms with Gasteiger partial charge in [-0.25, -0.2) is 0 Å². The molecule has 134 valence electrons. The van der Waals surface area contributed by atoms with Gasteiger partial charge in [-0.15, -0.1) is 0 Å². The fraction of sp³-hybridized carbons (Fsp3) is 0.300. The van der Waals surface area contributed by atoms with Crippen LogP contribution in [-0.2, 0) is 9.59 Å². The number of para-hydroxylation sites is 1. The third kappa shape index (κ3) is 3.22. The molecule has 6 heteroatoms. The molecule has 0 bridgehead atoms. The molecular formula is C20H20N2O4. The Hall–Kier alpha value is -3.02. The highest BCUT2D eigenvalue weighted by atomic mass is 16.6. The van der Waals surface area contributed by atoms with E-state index in [1.54, 1.807) is 30.1 Å². The Morgan fingerprint density at radius 2 is 1.73 bits per heavy atom. The standard InChI is InChI=1S/C20H20N2O4/c1-22(14-5-3-2-4-6-14)20(24)16-12-15(16)19(23)21-13-7-8-17-18(11-13)26-10-9-25-17/h2-8,11,15-16H,9-10,12H2,1H3,(H,21,23). The number of hydrogen-bond acceptors (Lipinski definition) is 4. The van der Waals surface area contributed by atoms with E-state index in [0.717, 1.165) is 5.69 Å². The Morgan fingerprint density at radius 1 is 1.00 bits per heavy atom. The van der Waals surface area contributed by atoms with Crippen molar-refractivity contribution in [1.82, 2.24) is 0 Å². The number of hydrogen-bond donors (Lipinski definition) is 1. The lowest BCUT2D eigenvalue weighted by Gasteiger charge is -2.19. The van der Waals surface area contributed by atoms with Gasteiger partial charge in [0.2, 0.25) is 11.8 Å². The van der Waals surface area contributed by atoms with Crippen LogP contribution in [0.15, 0.2) is 48.5 Å². The first-order valence-electron chi connectivity index (χ1n) is 8.66. The van der Waals surface area contributed by atoms with Crippen molar-refractivity contribution >= 4 is 23.2 Å². The van der Waals surface area contributed by atoms with E-state index in [1.807, 2.05) is 30.3 Å². The maximum absolute atomic E-state index is 12.6. The first kappa shape index (κ1) is 16.4. The van der Waals surface area contributed by atoms with Gasteiger partial charge in [-0.2, -0.15) is 0 Å². The Labute approximate surface area is 151 Å². The van der Waals surface area contributed by atoms with E-state index >= 15 is 0 Å². The summed E-state index contributed by atoms with van der Waals surface area (Å²) in [6.45, 7) is 1.02. The molecule has 2 aliphatic rings. The summed E-state index contributed by atoms with van der Waals surface area (Å²) in [5.74, 6) is 0.582. The molecule has 6 nitrogen and oxygen atoms in total. The van der Waals surface area contributed by atoms with E-state index in [9.17, 15) is 9.59 Å². The van der Waals surface area contributed by atoms with Gasteiger partial charge in [-0.3, -0.25) is 9.59 Å². The van der Waals surface area contributed by atoms with Crippen LogP contribution >= 0.6 is 0 Å². The van der Waals surface area contributed by atoms with Crippen LogP contribution < -0.4 is 19.7 Å². The maximum Gasteiger partial charge on any atom is 0.230 e. The average Bonchev–Trinajstić information content (AvgIpc) is 3.48. The van der Waals surface area contributed by atoms with Crippen LogP contribution in [0.5, 0.6) is 11.5 Å². The molecule has 1 aliphatic heterocycles. The molecule has 0 aromatic heterocycles. The number of ether oxygens (including phenoxy) is 2. The minimum absolute atomic E-state index is 0.0291. The van der Waals surface area contributed by atoms with Gasteiger partial charge in [0.05, 0.1) is 11.8 Å². The summed E-state index contributed by atoms with van der Waals surface area (Å²) in [4.78, 5) is 26.6. The summed E-state index contributed by atoms with van der Waals surface area (Å²) < 4.78 is 11.0. The highest BCUT2D eigenvalue weighted by molar-refractivity contribution is 6.04. The second kappa shape index (κ2) is 6.71. The topological polar surface area (TPSA) is 67.9 Å². The predicted molar refractivity (Wildman–Crippen MR) is 97.5 cm³/mol. The number of nitrogens with zero attached hydrogens (tertiary/aromatic N) is 1. The molecule has 1 aliphatic carbocycles. The molecule has 2 atom stereocenters. The number of nitrogens with one attached hydrogen (secondary N) is 1. The number of carbonyl (C=O) groups excluding carboxylic acids is 2. The minimum Gasteiger partial charge on any atom is -0.486 e. The molecule has 1 fully saturated rings. The second-order valence-electron chi connectivity index (χ2n) is 6.53. The van der Waals surface area contributed by atoms with E-state index < -0.39 is 0 Å². The van der Waals surface area contributed by atoms with Gasteiger partial charge in [-0.1, -0.05) is 18.2 Å². The van der Waals surface area contributed by atoms with Gasteiger partial charge >= 0.3 is 0 Å². The smallest absolute Gasteiger partial charge is 0.230 e. The highest BCUT2D eigenvalue weighted by Crippen LogP contribution is 2.42. The second-order valence-corrected chi connectivity index (χ2v) is 6.53. The van der Waals surface area contributed by atoms with E-state index in [1.165, 1.54) is 0 Å². The van der Waals surface area contributed by atoms with Gasteiger partial charge in [0.15, 0.2) is 11.5 Å². The van der Waals surface area contributed by atoms with Crippen molar-refractivity contribution in [3.05, 3.63) is 48.5 Å².